The van der Waals surface area contributed by atoms with Crippen molar-refractivity contribution in [2.24, 2.45) is 0 Å². The average molecular weight is 479 g/mol. The highest BCUT2D eigenvalue weighted by atomic mass is 35.5. The third kappa shape index (κ3) is 4.45. The van der Waals surface area contributed by atoms with E-state index in [1.54, 1.807) is 29.2 Å². The van der Waals surface area contributed by atoms with E-state index in [0.29, 0.717) is 29.8 Å². The second-order valence-corrected chi connectivity index (χ2v) is 9.21. The van der Waals surface area contributed by atoms with Crippen LogP contribution in [0.15, 0.2) is 23.4 Å². The molecule has 0 unspecified atom stereocenters. The zero-order valence-corrected chi connectivity index (χ0v) is 19.5. The number of imidazole rings is 1. The third-order valence-electron chi connectivity index (χ3n) is 6.02. The van der Waals surface area contributed by atoms with Gasteiger partial charge in [0.1, 0.15) is 24.1 Å². The van der Waals surface area contributed by atoms with Crippen molar-refractivity contribution in [1.82, 2.24) is 24.8 Å². The number of carbonyl (C=O) groups is 1. The van der Waals surface area contributed by atoms with Crippen LogP contribution in [-0.4, -0.2) is 59.9 Å². The van der Waals surface area contributed by atoms with Gasteiger partial charge in [0, 0.05) is 17.8 Å². The molecule has 0 spiro atoms. The smallest absolute Gasteiger partial charge is 0.220 e. The highest BCUT2D eigenvalue weighted by Crippen LogP contribution is 2.34. The van der Waals surface area contributed by atoms with Crippen LogP contribution in [0.3, 0.4) is 0 Å². The fourth-order valence-corrected chi connectivity index (χ4v) is 5.22. The van der Waals surface area contributed by atoms with Crippen LogP contribution < -0.4 is 10.6 Å². The molecule has 5 atom stereocenters. The lowest BCUT2D eigenvalue weighted by molar-refractivity contribution is -0.122. The zero-order valence-electron chi connectivity index (χ0n) is 17.9. The second kappa shape index (κ2) is 9.70. The molecule has 11 heteroatoms. The van der Waals surface area contributed by atoms with Crippen molar-refractivity contribution in [2.75, 3.05) is 5.32 Å². The molecule has 1 aliphatic carbocycles. The van der Waals surface area contributed by atoms with Crippen LogP contribution >= 0.6 is 22.9 Å². The molecule has 32 heavy (non-hydrogen) atoms. The fourth-order valence-electron chi connectivity index (χ4n) is 4.15. The van der Waals surface area contributed by atoms with E-state index in [9.17, 15) is 15.0 Å². The van der Waals surface area contributed by atoms with E-state index >= 15 is 0 Å². The summed E-state index contributed by atoms with van der Waals surface area (Å²) in [7, 11) is 0. The summed E-state index contributed by atoms with van der Waals surface area (Å²) in [4.78, 5) is 25.0. The molecule has 3 aromatic rings. The van der Waals surface area contributed by atoms with E-state index in [2.05, 4.69) is 37.9 Å². The highest BCUT2D eigenvalue weighted by molar-refractivity contribution is 7.08. The second-order valence-electron chi connectivity index (χ2n) is 8.06. The molecule has 0 radical (unpaired) electrons. The third-order valence-corrected chi connectivity index (χ3v) is 7.30. The minimum absolute atomic E-state index is 0.109. The SMILES string of the molecule is CCC(=O)N[C@H]1C[C@@H](n2cnc3c(N[C@H](CC)Cc4cscc4Cl)ncnc32)[C@H](O)[C@@H]1O. The first-order chi connectivity index (χ1) is 15.4. The first-order valence-corrected chi connectivity index (χ1v) is 12.0. The Labute approximate surface area is 194 Å². The van der Waals surface area contributed by atoms with Gasteiger partial charge in [-0.2, -0.15) is 11.3 Å². The number of rotatable bonds is 8. The van der Waals surface area contributed by atoms with Crippen LogP contribution in [0.1, 0.15) is 44.7 Å². The molecule has 4 rings (SSSR count). The number of aliphatic hydroxyl groups is 2. The number of aliphatic hydroxyl groups excluding tert-OH is 2. The lowest BCUT2D eigenvalue weighted by atomic mass is 10.1. The zero-order chi connectivity index (χ0) is 22.8. The van der Waals surface area contributed by atoms with Crippen molar-refractivity contribution >= 4 is 45.8 Å². The average Bonchev–Trinajstić information content (AvgIpc) is 3.47. The Morgan fingerprint density at radius 2 is 2.09 bits per heavy atom. The molecule has 0 saturated heterocycles. The van der Waals surface area contributed by atoms with Crippen LogP contribution in [0, 0.1) is 0 Å². The predicted octanol–water partition coefficient (Wildman–Crippen LogP) is 2.54. The predicted molar refractivity (Wildman–Crippen MR) is 124 cm³/mol. The number of aromatic nitrogens is 4. The maximum Gasteiger partial charge on any atom is 0.220 e. The number of anilines is 1. The maximum absolute atomic E-state index is 11.8. The van der Waals surface area contributed by atoms with Crippen LogP contribution in [0.5, 0.6) is 0 Å². The summed E-state index contributed by atoms with van der Waals surface area (Å²) in [6.07, 6.45) is 3.27. The van der Waals surface area contributed by atoms with Gasteiger partial charge in [0.05, 0.1) is 23.4 Å². The van der Waals surface area contributed by atoms with Crippen molar-refractivity contribution in [3.05, 3.63) is 34.0 Å². The Morgan fingerprint density at radius 3 is 2.78 bits per heavy atom. The Bertz CT molecular complexity index is 1090. The maximum atomic E-state index is 11.8. The largest absolute Gasteiger partial charge is 0.388 e. The van der Waals surface area contributed by atoms with Crippen molar-refractivity contribution in [3.8, 4) is 0 Å². The van der Waals surface area contributed by atoms with Gasteiger partial charge in [-0.05, 0) is 30.2 Å². The number of hydrogen-bond acceptors (Lipinski definition) is 8. The standard InChI is InChI=1S/C21H27ClN6O3S/c1-3-12(5-11-7-32-8-13(11)22)26-20-17-21(24-9-23-20)28(10-25-17)15-6-14(18(30)19(15)31)27-16(29)4-2/h7-10,12,14-15,18-19,30-31H,3-6H2,1-2H3,(H,27,29)(H,23,24,26)/t12-,14+,15-,18-,19+/m1/s1. The lowest BCUT2D eigenvalue weighted by Gasteiger charge is -2.19. The number of nitrogens with zero attached hydrogens (tertiary/aromatic N) is 4. The summed E-state index contributed by atoms with van der Waals surface area (Å²) in [5.41, 5.74) is 2.24. The molecular weight excluding hydrogens is 452 g/mol. The Hall–Kier alpha value is -2.27. The minimum Gasteiger partial charge on any atom is -0.388 e. The summed E-state index contributed by atoms with van der Waals surface area (Å²) < 4.78 is 1.75. The van der Waals surface area contributed by atoms with Crippen LogP contribution in [-0.2, 0) is 11.2 Å². The number of thiophene rings is 1. The van der Waals surface area contributed by atoms with Gasteiger partial charge in [-0.15, -0.1) is 0 Å². The van der Waals surface area contributed by atoms with Crippen LogP contribution in [0.25, 0.3) is 11.2 Å². The van der Waals surface area contributed by atoms with E-state index in [4.69, 9.17) is 11.6 Å². The van der Waals surface area contributed by atoms with E-state index in [1.165, 1.54) is 6.33 Å². The van der Waals surface area contributed by atoms with Gasteiger partial charge in [-0.25, -0.2) is 15.0 Å². The van der Waals surface area contributed by atoms with E-state index < -0.39 is 24.3 Å². The number of fused-ring (bicyclic) bond motifs is 1. The number of nitrogens with one attached hydrogen (secondary N) is 2. The Balaban J connectivity index is 1.56. The van der Waals surface area contributed by atoms with Crippen LogP contribution in [0.2, 0.25) is 5.02 Å². The molecule has 1 fully saturated rings. The van der Waals surface area contributed by atoms with Gasteiger partial charge in [-0.3, -0.25) is 4.79 Å². The molecule has 1 saturated carbocycles. The first-order valence-electron chi connectivity index (χ1n) is 10.7. The van der Waals surface area contributed by atoms with Gasteiger partial charge < -0.3 is 25.4 Å². The lowest BCUT2D eigenvalue weighted by Crippen LogP contribution is -2.42. The first kappa shape index (κ1) is 22.9. The Kier molecular flexibility index (Phi) is 6.94. The summed E-state index contributed by atoms with van der Waals surface area (Å²) in [5.74, 6) is 0.443. The number of halogens is 1. The van der Waals surface area contributed by atoms with Crippen molar-refractivity contribution in [3.63, 3.8) is 0 Å². The summed E-state index contributed by atoms with van der Waals surface area (Å²) >= 11 is 7.84. The van der Waals surface area contributed by atoms with Crippen molar-refractivity contribution in [1.29, 1.82) is 0 Å². The molecule has 0 bridgehead atoms. The molecule has 3 heterocycles. The molecular formula is C21H27ClN6O3S. The molecule has 3 aromatic heterocycles. The van der Waals surface area contributed by atoms with Gasteiger partial charge >= 0.3 is 0 Å². The monoisotopic (exact) mass is 478 g/mol. The van der Waals surface area contributed by atoms with Gasteiger partial charge in [0.2, 0.25) is 5.91 Å². The summed E-state index contributed by atoms with van der Waals surface area (Å²) in [5, 5.41) is 32.1. The number of hydrogen-bond donors (Lipinski definition) is 4. The number of carbonyl (C=O) groups excluding carboxylic acids is 1. The molecule has 172 valence electrons. The van der Waals surface area contributed by atoms with E-state index in [1.807, 2.05) is 5.38 Å². The summed E-state index contributed by atoms with van der Waals surface area (Å²) in [6.45, 7) is 3.84. The van der Waals surface area contributed by atoms with Gasteiger partial charge in [0.15, 0.2) is 11.5 Å². The normalized spacial score (nSPS) is 24.0. The number of amides is 1. The molecule has 0 aliphatic heterocycles. The molecule has 1 aliphatic rings. The molecule has 1 amide bonds. The quantitative estimate of drug-likeness (QED) is 0.392. The van der Waals surface area contributed by atoms with Crippen molar-refractivity contribution < 1.29 is 15.0 Å². The van der Waals surface area contributed by atoms with Crippen molar-refractivity contribution in [2.45, 2.75) is 69.9 Å². The van der Waals surface area contributed by atoms with Gasteiger partial charge in [-0.1, -0.05) is 25.4 Å². The van der Waals surface area contributed by atoms with E-state index in [-0.39, 0.29) is 11.9 Å². The van der Waals surface area contributed by atoms with E-state index in [0.717, 1.165) is 23.4 Å². The van der Waals surface area contributed by atoms with Gasteiger partial charge in [0.25, 0.3) is 0 Å². The molecule has 0 aromatic carbocycles. The Morgan fingerprint density at radius 1 is 1.28 bits per heavy atom. The molecule has 4 N–H and O–H groups in total. The summed E-state index contributed by atoms with van der Waals surface area (Å²) in [6, 6.07) is -0.886. The highest BCUT2D eigenvalue weighted by Gasteiger charge is 2.43. The molecule has 9 nitrogen and oxygen atoms in total. The topological polar surface area (TPSA) is 125 Å². The fraction of sp³-hybridized carbons (Fsp3) is 0.524. The minimum atomic E-state index is -1.06. The van der Waals surface area contributed by atoms with Crippen LogP contribution in [0.4, 0.5) is 5.82 Å².